The molecule has 2 aliphatic carbocycles. The zero-order chi connectivity index (χ0) is 19.8. The van der Waals surface area contributed by atoms with Crippen LogP contribution in [-0.2, 0) is 19.1 Å². The third-order valence-electron chi connectivity index (χ3n) is 5.27. The van der Waals surface area contributed by atoms with Crippen molar-refractivity contribution in [2.24, 2.45) is 0 Å². The van der Waals surface area contributed by atoms with E-state index in [1.54, 1.807) is 18.2 Å². The van der Waals surface area contributed by atoms with Crippen LogP contribution in [0.25, 0.3) is 0 Å². The fourth-order valence-corrected chi connectivity index (χ4v) is 4.52. The van der Waals surface area contributed by atoms with Gasteiger partial charge in [0.2, 0.25) is 0 Å². The summed E-state index contributed by atoms with van der Waals surface area (Å²) in [4.78, 5) is 36.7. The van der Waals surface area contributed by atoms with Crippen LogP contribution in [0.3, 0.4) is 0 Å². The molecule has 0 saturated carbocycles. The molecule has 146 valence electrons. The number of Topliss-reactive ketones (excluding diaryl/α,β-unsaturated/α-hetero) is 2. The molecular weight excluding hydrogens is 428 g/mol. The summed E-state index contributed by atoms with van der Waals surface area (Å²) in [5, 5.41) is 9.01. The number of ketones is 2. The number of hydrogen-bond donors (Lipinski definition) is 1. The lowest BCUT2D eigenvalue weighted by molar-refractivity contribution is -0.139. The van der Waals surface area contributed by atoms with Crippen LogP contribution < -0.4 is 4.74 Å². The van der Waals surface area contributed by atoms with E-state index in [1.165, 1.54) is 0 Å². The monoisotopic (exact) mass is 446 g/mol. The smallest absolute Gasteiger partial charge is 0.341 e. The highest BCUT2D eigenvalue weighted by Gasteiger charge is 2.42. The molecule has 6 nitrogen and oxygen atoms in total. The van der Waals surface area contributed by atoms with Gasteiger partial charge in [0, 0.05) is 46.9 Å². The van der Waals surface area contributed by atoms with E-state index in [-0.39, 0.29) is 11.6 Å². The van der Waals surface area contributed by atoms with Crippen LogP contribution >= 0.6 is 15.9 Å². The first-order valence-electron chi connectivity index (χ1n) is 9.30. The fourth-order valence-electron chi connectivity index (χ4n) is 4.14. The van der Waals surface area contributed by atoms with E-state index >= 15 is 0 Å². The molecule has 28 heavy (non-hydrogen) atoms. The SMILES string of the molecule is O=C(O)COc1ccc(Br)cc1C1C2=C(CCCC2=O)OC2=C1C(=O)CCC2. The molecule has 0 bridgehead atoms. The van der Waals surface area contributed by atoms with Crippen molar-refractivity contribution in [3.8, 4) is 5.75 Å². The molecule has 1 N–H and O–H groups in total. The van der Waals surface area contributed by atoms with Gasteiger partial charge in [-0.25, -0.2) is 4.79 Å². The number of ether oxygens (including phenoxy) is 2. The highest BCUT2D eigenvalue weighted by Crippen LogP contribution is 2.50. The zero-order valence-electron chi connectivity index (χ0n) is 15.1. The number of rotatable bonds is 4. The van der Waals surface area contributed by atoms with E-state index in [4.69, 9.17) is 14.6 Å². The maximum absolute atomic E-state index is 12.8. The number of allylic oxidation sites excluding steroid dienone is 4. The third-order valence-corrected chi connectivity index (χ3v) is 5.77. The third kappa shape index (κ3) is 3.39. The molecule has 0 spiro atoms. The highest BCUT2D eigenvalue weighted by atomic mass is 79.9. The van der Waals surface area contributed by atoms with Gasteiger partial charge in [0.05, 0.1) is 5.92 Å². The lowest BCUT2D eigenvalue weighted by atomic mass is 9.73. The van der Waals surface area contributed by atoms with E-state index < -0.39 is 18.5 Å². The van der Waals surface area contributed by atoms with Crippen molar-refractivity contribution in [1.82, 2.24) is 0 Å². The van der Waals surface area contributed by atoms with Gasteiger partial charge in [-0.15, -0.1) is 0 Å². The molecule has 0 atom stereocenters. The summed E-state index contributed by atoms with van der Waals surface area (Å²) in [5.41, 5.74) is 1.64. The Hall–Kier alpha value is -2.41. The molecule has 0 aromatic heterocycles. The minimum absolute atomic E-state index is 0.0275. The Morgan fingerprint density at radius 2 is 1.68 bits per heavy atom. The normalized spacial score (nSPS) is 19.9. The molecule has 1 heterocycles. The Morgan fingerprint density at radius 1 is 1.07 bits per heavy atom. The predicted octanol–water partition coefficient (Wildman–Crippen LogP) is 4.04. The molecule has 3 aliphatic rings. The summed E-state index contributed by atoms with van der Waals surface area (Å²) < 4.78 is 12.3. The maximum atomic E-state index is 12.8. The van der Waals surface area contributed by atoms with Gasteiger partial charge in [0.1, 0.15) is 17.3 Å². The van der Waals surface area contributed by atoms with Crippen molar-refractivity contribution >= 4 is 33.5 Å². The van der Waals surface area contributed by atoms with E-state index in [1.807, 2.05) is 0 Å². The van der Waals surface area contributed by atoms with Crippen LogP contribution in [0.4, 0.5) is 0 Å². The second kappa shape index (κ2) is 7.54. The molecule has 1 aromatic rings. The molecule has 1 aromatic carbocycles. The van der Waals surface area contributed by atoms with Crippen LogP contribution in [0.1, 0.15) is 50.0 Å². The van der Waals surface area contributed by atoms with Crippen LogP contribution in [0.15, 0.2) is 45.3 Å². The number of carboxylic acid groups (broad SMARTS) is 1. The Balaban J connectivity index is 1.90. The first kappa shape index (κ1) is 18.9. The number of carbonyl (C=O) groups is 3. The number of halogens is 1. The lowest BCUT2D eigenvalue weighted by Crippen LogP contribution is -2.30. The molecule has 7 heteroatoms. The van der Waals surface area contributed by atoms with Gasteiger partial charge in [-0.1, -0.05) is 15.9 Å². The topological polar surface area (TPSA) is 89.9 Å². The Labute approximate surface area is 170 Å². The molecule has 0 amide bonds. The molecule has 4 rings (SSSR count). The van der Waals surface area contributed by atoms with E-state index in [0.717, 1.165) is 17.3 Å². The number of hydrogen-bond acceptors (Lipinski definition) is 5. The Morgan fingerprint density at radius 3 is 2.25 bits per heavy atom. The van der Waals surface area contributed by atoms with Gasteiger partial charge in [-0.2, -0.15) is 0 Å². The summed E-state index contributed by atoms with van der Waals surface area (Å²) in [7, 11) is 0. The molecule has 0 saturated heterocycles. The molecule has 0 radical (unpaired) electrons. The van der Waals surface area contributed by atoms with Crippen LogP contribution in [0.2, 0.25) is 0 Å². The van der Waals surface area contributed by atoms with Gasteiger partial charge in [0.25, 0.3) is 0 Å². The van der Waals surface area contributed by atoms with Crippen molar-refractivity contribution < 1.29 is 29.0 Å². The van der Waals surface area contributed by atoms with Crippen molar-refractivity contribution in [3.05, 3.63) is 50.9 Å². The van der Waals surface area contributed by atoms with Crippen molar-refractivity contribution in [2.75, 3.05) is 6.61 Å². The van der Waals surface area contributed by atoms with E-state index in [9.17, 15) is 14.4 Å². The van der Waals surface area contributed by atoms with Gasteiger partial charge < -0.3 is 14.6 Å². The minimum Gasteiger partial charge on any atom is -0.482 e. The average Bonchev–Trinajstić information content (AvgIpc) is 2.66. The fraction of sp³-hybridized carbons (Fsp3) is 0.381. The van der Waals surface area contributed by atoms with Crippen LogP contribution in [0, 0.1) is 0 Å². The minimum atomic E-state index is -1.09. The number of carbonyl (C=O) groups excluding carboxylic acids is 2. The number of aliphatic carboxylic acids is 1. The van der Waals surface area contributed by atoms with Crippen LogP contribution in [0.5, 0.6) is 5.75 Å². The molecule has 1 aliphatic heterocycles. The summed E-state index contributed by atoms with van der Waals surface area (Å²) in [6.07, 6.45) is 3.58. The molecule has 0 fully saturated rings. The number of carboxylic acids is 1. The average molecular weight is 447 g/mol. The first-order chi connectivity index (χ1) is 13.5. The van der Waals surface area contributed by atoms with Gasteiger partial charge in [-0.05, 0) is 31.0 Å². The van der Waals surface area contributed by atoms with Gasteiger partial charge in [-0.3, -0.25) is 9.59 Å². The van der Waals surface area contributed by atoms with Gasteiger partial charge in [0.15, 0.2) is 18.2 Å². The quantitative estimate of drug-likeness (QED) is 0.750. The summed E-state index contributed by atoms with van der Waals surface area (Å²) in [6, 6.07) is 5.21. The Bertz CT molecular complexity index is 900. The van der Waals surface area contributed by atoms with Crippen LogP contribution in [-0.4, -0.2) is 29.2 Å². The largest absolute Gasteiger partial charge is 0.482 e. The predicted molar refractivity (Wildman–Crippen MR) is 103 cm³/mol. The summed E-state index contributed by atoms with van der Waals surface area (Å²) in [5.74, 6) is -0.102. The lowest BCUT2D eigenvalue weighted by Gasteiger charge is -2.36. The van der Waals surface area contributed by atoms with E-state index in [2.05, 4.69) is 15.9 Å². The van der Waals surface area contributed by atoms with Crippen molar-refractivity contribution in [3.63, 3.8) is 0 Å². The second-order valence-electron chi connectivity index (χ2n) is 7.13. The zero-order valence-corrected chi connectivity index (χ0v) is 16.7. The summed E-state index contributed by atoms with van der Waals surface area (Å²) >= 11 is 3.44. The number of benzene rings is 1. The second-order valence-corrected chi connectivity index (χ2v) is 8.04. The molecule has 0 unspecified atom stereocenters. The highest BCUT2D eigenvalue weighted by molar-refractivity contribution is 9.10. The summed E-state index contributed by atoms with van der Waals surface area (Å²) in [6.45, 7) is -0.502. The first-order valence-corrected chi connectivity index (χ1v) is 10.1. The standard InChI is InChI=1S/C21H19BrO6/c22-11-7-8-15(27-10-18(25)26)12(9-11)19-20-13(23)3-1-5-16(20)28-17-6-2-4-14(24)21(17)19/h7-9,19H,1-6,10H2,(H,25,26). The van der Waals surface area contributed by atoms with E-state index in [0.29, 0.717) is 59.7 Å². The maximum Gasteiger partial charge on any atom is 0.341 e. The van der Waals surface area contributed by atoms with Crippen molar-refractivity contribution in [2.45, 2.75) is 44.4 Å². The van der Waals surface area contributed by atoms with Gasteiger partial charge >= 0.3 is 5.97 Å². The Kier molecular flexibility index (Phi) is 5.10. The van der Waals surface area contributed by atoms with Crippen molar-refractivity contribution in [1.29, 1.82) is 0 Å². The molecular formula is C21H19BrO6.